The lowest BCUT2D eigenvalue weighted by Gasteiger charge is -2.38. The Kier molecular flexibility index (Phi) is 5.05. The Morgan fingerprint density at radius 1 is 1.11 bits per heavy atom. The molecule has 0 radical (unpaired) electrons. The van der Waals surface area contributed by atoms with E-state index in [1.54, 1.807) is 0 Å². The summed E-state index contributed by atoms with van der Waals surface area (Å²) in [6.07, 6.45) is 7.61. The SMILES string of the molecule is CCCN(CCC)CC(CO)(NC1CC1)C1CC1. The van der Waals surface area contributed by atoms with Gasteiger partial charge in [-0.25, -0.2) is 0 Å². The second-order valence-corrected chi connectivity index (χ2v) is 6.28. The van der Waals surface area contributed by atoms with Crippen LogP contribution in [0.1, 0.15) is 52.4 Å². The van der Waals surface area contributed by atoms with Crippen LogP contribution in [0.15, 0.2) is 0 Å². The van der Waals surface area contributed by atoms with Crippen molar-refractivity contribution in [1.82, 2.24) is 10.2 Å². The summed E-state index contributed by atoms with van der Waals surface area (Å²) in [4.78, 5) is 2.55. The average molecular weight is 254 g/mol. The number of hydrogen-bond acceptors (Lipinski definition) is 3. The Morgan fingerprint density at radius 3 is 2.11 bits per heavy atom. The van der Waals surface area contributed by atoms with Gasteiger partial charge in [-0.1, -0.05) is 13.8 Å². The van der Waals surface area contributed by atoms with E-state index >= 15 is 0 Å². The largest absolute Gasteiger partial charge is 0.394 e. The van der Waals surface area contributed by atoms with Crippen molar-refractivity contribution in [3.8, 4) is 0 Å². The molecule has 0 aromatic carbocycles. The van der Waals surface area contributed by atoms with E-state index in [-0.39, 0.29) is 5.54 Å². The van der Waals surface area contributed by atoms with Crippen molar-refractivity contribution in [3.05, 3.63) is 0 Å². The zero-order valence-corrected chi connectivity index (χ0v) is 12.1. The van der Waals surface area contributed by atoms with E-state index in [9.17, 15) is 5.11 Å². The van der Waals surface area contributed by atoms with Crippen molar-refractivity contribution in [2.75, 3.05) is 26.2 Å². The number of aliphatic hydroxyl groups is 1. The minimum Gasteiger partial charge on any atom is -0.394 e. The van der Waals surface area contributed by atoms with Crippen LogP contribution in [-0.2, 0) is 0 Å². The highest BCUT2D eigenvalue weighted by atomic mass is 16.3. The van der Waals surface area contributed by atoms with Crippen LogP contribution in [-0.4, -0.2) is 47.8 Å². The van der Waals surface area contributed by atoms with Gasteiger partial charge in [0.25, 0.3) is 0 Å². The summed E-state index contributed by atoms with van der Waals surface area (Å²) < 4.78 is 0. The molecule has 2 rings (SSSR count). The minimum absolute atomic E-state index is 0.00843. The lowest BCUT2D eigenvalue weighted by atomic mass is 9.92. The lowest BCUT2D eigenvalue weighted by Crippen LogP contribution is -2.59. The van der Waals surface area contributed by atoms with E-state index < -0.39 is 0 Å². The second kappa shape index (κ2) is 6.36. The van der Waals surface area contributed by atoms with Gasteiger partial charge in [-0.15, -0.1) is 0 Å². The first-order valence-electron chi connectivity index (χ1n) is 7.85. The van der Waals surface area contributed by atoms with E-state index in [0.717, 1.165) is 19.6 Å². The van der Waals surface area contributed by atoms with Crippen LogP contribution < -0.4 is 5.32 Å². The molecule has 0 amide bonds. The van der Waals surface area contributed by atoms with Gasteiger partial charge in [0.05, 0.1) is 12.1 Å². The van der Waals surface area contributed by atoms with Gasteiger partial charge in [0.2, 0.25) is 0 Å². The number of rotatable bonds is 10. The molecule has 0 saturated heterocycles. The van der Waals surface area contributed by atoms with E-state index in [2.05, 4.69) is 24.1 Å². The van der Waals surface area contributed by atoms with Gasteiger partial charge < -0.3 is 15.3 Å². The molecule has 0 aromatic heterocycles. The van der Waals surface area contributed by atoms with E-state index in [0.29, 0.717) is 18.6 Å². The smallest absolute Gasteiger partial charge is 0.0628 e. The molecule has 2 aliphatic rings. The molecule has 2 aliphatic carbocycles. The van der Waals surface area contributed by atoms with Crippen molar-refractivity contribution in [1.29, 1.82) is 0 Å². The maximum absolute atomic E-state index is 9.96. The van der Waals surface area contributed by atoms with E-state index in [1.165, 1.54) is 38.5 Å². The van der Waals surface area contributed by atoms with Crippen LogP contribution >= 0.6 is 0 Å². The van der Waals surface area contributed by atoms with Crippen molar-refractivity contribution < 1.29 is 5.11 Å². The molecule has 2 N–H and O–H groups in total. The fourth-order valence-electron chi connectivity index (χ4n) is 3.09. The fraction of sp³-hybridized carbons (Fsp3) is 1.00. The van der Waals surface area contributed by atoms with Gasteiger partial charge in [0.1, 0.15) is 0 Å². The summed E-state index contributed by atoms with van der Waals surface area (Å²) in [6.45, 7) is 8.15. The van der Waals surface area contributed by atoms with Crippen LogP contribution in [0.4, 0.5) is 0 Å². The molecule has 1 atom stereocenters. The lowest BCUT2D eigenvalue weighted by molar-refractivity contribution is 0.0884. The predicted octanol–water partition coefficient (Wildman–Crippen LogP) is 2.00. The normalized spacial score (nSPS) is 23.3. The highest BCUT2D eigenvalue weighted by molar-refractivity contribution is 5.06. The number of nitrogens with zero attached hydrogens (tertiary/aromatic N) is 1. The third-order valence-corrected chi connectivity index (χ3v) is 4.30. The van der Waals surface area contributed by atoms with Crippen molar-refractivity contribution in [2.45, 2.75) is 64.0 Å². The standard InChI is InChI=1S/C15H30N2O/c1-3-9-17(10-4-2)11-15(12-18,13-5-6-13)16-14-7-8-14/h13-14,16,18H,3-12H2,1-2H3. The summed E-state index contributed by atoms with van der Waals surface area (Å²) in [5.41, 5.74) is -0.00843. The topological polar surface area (TPSA) is 35.5 Å². The summed E-state index contributed by atoms with van der Waals surface area (Å²) in [6, 6.07) is 0.683. The maximum atomic E-state index is 9.96. The number of hydrogen-bond donors (Lipinski definition) is 2. The minimum atomic E-state index is -0.00843. The maximum Gasteiger partial charge on any atom is 0.0628 e. The molecule has 0 heterocycles. The Bertz CT molecular complexity index is 245. The monoisotopic (exact) mass is 254 g/mol. The van der Waals surface area contributed by atoms with Crippen molar-refractivity contribution in [2.24, 2.45) is 5.92 Å². The summed E-state index contributed by atoms with van der Waals surface area (Å²) in [5, 5.41) is 13.7. The molecule has 0 bridgehead atoms. The first-order chi connectivity index (χ1) is 8.74. The molecule has 1 unspecified atom stereocenters. The fourth-order valence-corrected chi connectivity index (χ4v) is 3.09. The predicted molar refractivity (Wildman–Crippen MR) is 75.7 cm³/mol. The van der Waals surface area contributed by atoms with Crippen molar-refractivity contribution in [3.63, 3.8) is 0 Å². The average Bonchev–Trinajstić information content (AvgIpc) is 3.21. The summed E-state index contributed by atoms with van der Waals surface area (Å²) in [7, 11) is 0. The molecule has 18 heavy (non-hydrogen) atoms. The molecule has 0 spiro atoms. The molecule has 0 aliphatic heterocycles. The Hall–Kier alpha value is -0.120. The van der Waals surface area contributed by atoms with Gasteiger partial charge in [-0.05, 0) is 57.5 Å². The van der Waals surface area contributed by atoms with Crippen LogP contribution in [0.2, 0.25) is 0 Å². The van der Waals surface area contributed by atoms with Crippen LogP contribution in [0, 0.1) is 5.92 Å². The van der Waals surface area contributed by atoms with Gasteiger partial charge in [0.15, 0.2) is 0 Å². The van der Waals surface area contributed by atoms with Gasteiger partial charge >= 0.3 is 0 Å². The molecule has 0 aromatic rings. The third kappa shape index (κ3) is 3.69. The Balaban J connectivity index is 1.96. The third-order valence-electron chi connectivity index (χ3n) is 4.30. The first-order valence-corrected chi connectivity index (χ1v) is 7.85. The van der Waals surface area contributed by atoms with Crippen LogP contribution in [0.3, 0.4) is 0 Å². The number of aliphatic hydroxyl groups excluding tert-OH is 1. The molecule has 3 heteroatoms. The van der Waals surface area contributed by atoms with Gasteiger partial charge in [0, 0.05) is 12.6 Å². The zero-order chi connectivity index (χ0) is 13.0. The quantitative estimate of drug-likeness (QED) is 0.626. The van der Waals surface area contributed by atoms with E-state index in [1.807, 2.05) is 0 Å². The first kappa shape index (κ1) is 14.3. The molecular formula is C15H30N2O. The van der Waals surface area contributed by atoms with E-state index in [4.69, 9.17) is 0 Å². The molecule has 2 saturated carbocycles. The molecule has 3 nitrogen and oxygen atoms in total. The Labute approximate surface area is 112 Å². The van der Waals surface area contributed by atoms with Crippen molar-refractivity contribution >= 4 is 0 Å². The number of nitrogens with one attached hydrogen (secondary N) is 1. The molecule has 2 fully saturated rings. The highest BCUT2D eigenvalue weighted by Crippen LogP contribution is 2.42. The van der Waals surface area contributed by atoms with Crippen LogP contribution in [0.5, 0.6) is 0 Å². The summed E-state index contributed by atoms with van der Waals surface area (Å²) >= 11 is 0. The Morgan fingerprint density at radius 2 is 1.72 bits per heavy atom. The zero-order valence-electron chi connectivity index (χ0n) is 12.1. The molecular weight excluding hydrogens is 224 g/mol. The van der Waals surface area contributed by atoms with Gasteiger partial charge in [-0.3, -0.25) is 0 Å². The second-order valence-electron chi connectivity index (χ2n) is 6.28. The highest BCUT2D eigenvalue weighted by Gasteiger charge is 2.47. The molecule has 106 valence electrons. The summed E-state index contributed by atoms with van der Waals surface area (Å²) in [5.74, 6) is 0.708. The van der Waals surface area contributed by atoms with Crippen LogP contribution in [0.25, 0.3) is 0 Å². The van der Waals surface area contributed by atoms with Gasteiger partial charge in [-0.2, -0.15) is 0 Å².